The van der Waals surface area contributed by atoms with Crippen LogP contribution >= 0.6 is 0 Å². The molecule has 134 valence electrons. The van der Waals surface area contributed by atoms with Crippen molar-refractivity contribution in [3.63, 3.8) is 0 Å². The molecule has 1 rings (SSSR count). The van der Waals surface area contributed by atoms with E-state index in [1.54, 1.807) is 6.92 Å². The van der Waals surface area contributed by atoms with Crippen molar-refractivity contribution in [2.75, 3.05) is 34.0 Å². The Morgan fingerprint density at radius 2 is 1.88 bits per heavy atom. The van der Waals surface area contributed by atoms with Crippen LogP contribution in [0.5, 0.6) is 0 Å². The Morgan fingerprint density at radius 1 is 1.21 bits per heavy atom. The first kappa shape index (κ1) is 19.9. The van der Waals surface area contributed by atoms with E-state index in [9.17, 15) is 14.4 Å². The second-order valence-corrected chi connectivity index (χ2v) is 5.02. The molecule has 1 saturated heterocycles. The van der Waals surface area contributed by atoms with Gasteiger partial charge in [-0.2, -0.15) is 0 Å². The molecule has 0 bridgehead atoms. The van der Waals surface area contributed by atoms with E-state index in [0.29, 0.717) is 13.0 Å². The van der Waals surface area contributed by atoms with Crippen LogP contribution in [0.3, 0.4) is 0 Å². The van der Waals surface area contributed by atoms with E-state index in [1.165, 1.54) is 0 Å². The lowest BCUT2D eigenvalue weighted by atomic mass is 9.85. The molecule has 0 radical (unpaired) electrons. The van der Waals surface area contributed by atoms with Crippen molar-refractivity contribution < 1.29 is 38.1 Å². The summed E-state index contributed by atoms with van der Waals surface area (Å²) in [4.78, 5) is 35.7. The van der Waals surface area contributed by atoms with Gasteiger partial charge in [-0.15, -0.1) is 0 Å². The third-order valence-corrected chi connectivity index (χ3v) is 3.41. The fourth-order valence-corrected chi connectivity index (χ4v) is 2.14. The second kappa shape index (κ2) is 9.90. The van der Waals surface area contributed by atoms with Crippen molar-refractivity contribution in [2.45, 2.75) is 32.5 Å². The molecule has 8 nitrogen and oxygen atoms in total. The Bertz CT molecular complexity index is 494. The van der Waals surface area contributed by atoms with Crippen LogP contribution in [0, 0.1) is 17.3 Å². The summed E-state index contributed by atoms with van der Waals surface area (Å²) in [5.41, 5.74) is -1.80. The Labute approximate surface area is 140 Å². The average molecular weight is 342 g/mol. The van der Waals surface area contributed by atoms with Gasteiger partial charge in [0.15, 0.2) is 11.7 Å². The number of carbonyl (C=O) groups excluding carboxylic acids is 3. The van der Waals surface area contributed by atoms with Crippen LogP contribution in [0.25, 0.3) is 0 Å². The summed E-state index contributed by atoms with van der Waals surface area (Å²) in [7, 11) is 2.29. The summed E-state index contributed by atoms with van der Waals surface area (Å²) < 4.78 is 24.9. The van der Waals surface area contributed by atoms with Crippen LogP contribution in [0.1, 0.15) is 26.2 Å². The molecule has 1 aliphatic heterocycles. The Balaban J connectivity index is 2.94. The molecule has 24 heavy (non-hydrogen) atoms. The maximum Gasteiger partial charge on any atom is 0.384 e. The molecule has 1 heterocycles. The first-order valence-corrected chi connectivity index (χ1v) is 7.55. The van der Waals surface area contributed by atoms with Crippen LogP contribution < -0.4 is 0 Å². The molecule has 0 N–H and O–H groups in total. The molecule has 0 aromatic heterocycles. The Morgan fingerprint density at radius 3 is 2.38 bits per heavy atom. The summed E-state index contributed by atoms with van der Waals surface area (Å²) >= 11 is 0. The van der Waals surface area contributed by atoms with Crippen molar-refractivity contribution in [1.29, 1.82) is 0 Å². The van der Waals surface area contributed by atoms with Crippen molar-refractivity contribution >= 4 is 17.9 Å². The zero-order valence-electron chi connectivity index (χ0n) is 14.1. The third kappa shape index (κ3) is 5.22. The molecule has 0 aliphatic carbocycles. The highest BCUT2D eigenvalue weighted by Gasteiger charge is 2.49. The summed E-state index contributed by atoms with van der Waals surface area (Å²) in [5, 5.41) is 0. The van der Waals surface area contributed by atoms with E-state index in [1.807, 2.05) is 0 Å². The Kier molecular flexibility index (Phi) is 8.22. The van der Waals surface area contributed by atoms with Gasteiger partial charge in [0.25, 0.3) is 0 Å². The number of rotatable bonds is 7. The van der Waals surface area contributed by atoms with Gasteiger partial charge < -0.3 is 23.7 Å². The highest BCUT2D eigenvalue weighted by Crippen LogP contribution is 2.28. The lowest BCUT2D eigenvalue weighted by Gasteiger charge is -2.27. The highest BCUT2D eigenvalue weighted by molar-refractivity contribution is 6.00. The smallest absolute Gasteiger partial charge is 0.384 e. The topological polar surface area (TPSA) is 97.4 Å². The summed E-state index contributed by atoms with van der Waals surface area (Å²) in [6.07, 6.45) is 0.679. The van der Waals surface area contributed by atoms with E-state index in [2.05, 4.69) is 16.6 Å². The first-order valence-electron chi connectivity index (χ1n) is 7.55. The SMILES string of the molecule is CCOC(=O)C#CCC(COC1CCCO1)(C(=O)OC)C(=O)OC. The van der Waals surface area contributed by atoms with Crippen LogP contribution in [0.15, 0.2) is 0 Å². The molecule has 0 amide bonds. The third-order valence-electron chi connectivity index (χ3n) is 3.41. The minimum atomic E-state index is -1.80. The van der Waals surface area contributed by atoms with Gasteiger partial charge in [-0.1, -0.05) is 5.92 Å². The van der Waals surface area contributed by atoms with Gasteiger partial charge in [0.05, 0.1) is 27.4 Å². The molecule has 1 aliphatic rings. The zero-order chi connectivity index (χ0) is 18.0. The minimum absolute atomic E-state index is 0.175. The summed E-state index contributed by atoms with van der Waals surface area (Å²) in [6.45, 7) is 2.04. The molecular weight excluding hydrogens is 320 g/mol. The molecule has 8 heteroatoms. The van der Waals surface area contributed by atoms with Crippen LogP contribution in [-0.2, 0) is 38.1 Å². The minimum Gasteiger partial charge on any atom is -0.468 e. The number of ether oxygens (including phenoxy) is 5. The zero-order valence-corrected chi connectivity index (χ0v) is 14.1. The lowest BCUT2D eigenvalue weighted by Crippen LogP contribution is -2.45. The number of methoxy groups -OCH3 is 2. The standard InChI is InChI=1S/C16H22O8/c1-4-22-12(17)7-5-9-16(14(18)20-2,15(19)21-3)11-24-13-8-6-10-23-13/h13H,4,6,8-11H2,1-3H3. The maximum atomic E-state index is 12.2. The average Bonchev–Trinajstić information content (AvgIpc) is 3.10. The summed E-state index contributed by atoms with van der Waals surface area (Å²) in [6, 6.07) is 0. The van der Waals surface area contributed by atoms with Gasteiger partial charge in [-0.25, -0.2) is 4.79 Å². The number of esters is 3. The molecule has 0 aromatic carbocycles. The molecular formula is C16H22O8. The maximum absolute atomic E-state index is 12.2. The number of carbonyl (C=O) groups is 3. The molecule has 0 aromatic rings. The monoisotopic (exact) mass is 342 g/mol. The number of hydrogen-bond acceptors (Lipinski definition) is 8. The predicted molar refractivity (Wildman–Crippen MR) is 80.4 cm³/mol. The number of hydrogen-bond donors (Lipinski definition) is 0. The van der Waals surface area contributed by atoms with Crippen LogP contribution in [0.4, 0.5) is 0 Å². The van der Waals surface area contributed by atoms with Crippen LogP contribution in [0.2, 0.25) is 0 Å². The van der Waals surface area contributed by atoms with Gasteiger partial charge in [-0.3, -0.25) is 9.59 Å². The van der Waals surface area contributed by atoms with E-state index in [4.69, 9.17) is 18.9 Å². The second-order valence-electron chi connectivity index (χ2n) is 5.02. The lowest BCUT2D eigenvalue weighted by molar-refractivity contribution is -0.184. The predicted octanol–water partition coefficient (Wildman–Crippen LogP) is 0.429. The van der Waals surface area contributed by atoms with Gasteiger partial charge in [0, 0.05) is 25.4 Å². The van der Waals surface area contributed by atoms with Gasteiger partial charge in [0.2, 0.25) is 0 Å². The normalized spacial score (nSPS) is 16.7. The molecule has 0 saturated carbocycles. The first-order chi connectivity index (χ1) is 11.5. The van der Waals surface area contributed by atoms with Crippen LogP contribution in [-0.4, -0.2) is 58.2 Å². The summed E-state index contributed by atoms with van der Waals surface area (Å²) in [5.74, 6) is 2.22. The largest absolute Gasteiger partial charge is 0.468 e. The highest BCUT2D eigenvalue weighted by atomic mass is 16.7. The van der Waals surface area contributed by atoms with Crippen molar-refractivity contribution in [2.24, 2.45) is 5.41 Å². The van der Waals surface area contributed by atoms with E-state index < -0.39 is 29.6 Å². The van der Waals surface area contributed by atoms with Gasteiger partial charge in [0.1, 0.15) is 0 Å². The fraction of sp³-hybridized carbons (Fsp3) is 0.688. The molecule has 1 atom stereocenters. The van der Waals surface area contributed by atoms with E-state index in [0.717, 1.165) is 20.6 Å². The quantitative estimate of drug-likeness (QED) is 0.216. The molecule has 1 fully saturated rings. The van der Waals surface area contributed by atoms with E-state index in [-0.39, 0.29) is 19.6 Å². The molecule has 0 spiro atoms. The van der Waals surface area contributed by atoms with Gasteiger partial charge >= 0.3 is 17.9 Å². The van der Waals surface area contributed by atoms with Crippen molar-refractivity contribution in [3.8, 4) is 11.8 Å². The fourth-order valence-electron chi connectivity index (χ4n) is 2.14. The van der Waals surface area contributed by atoms with Gasteiger partial charge in [-0.05, 0) is 13.3 Å². The Hall–Kier alpha value is -2.11. The molecule has 1 unspecified atom stereocenters. The van der Waals surface area contributed by atoms with E-state index >= 15 is 0 Å². The van der Waals surface area contributed by atoms with Crippen molar-refractivity contribution in [1.82, 2.24) is 0 Å². The van der Waals surface area contributed by atoms with Crippen molar-refractivity contribution in [3.05, 3.63) is 0 Å².